The third-order valence-electron chi connectivity index (χ3n) is 2.63. The van der Waals surface area contributed by atoms with Crippen LogP contribution in [0.3, 0.4) is 0 Å². The minimum Gasteiger partial charge on any atom is -0.383 e. The summed E-state index contributed by atoms with van der Waals surface area (Å²) in [5.41, 5.74) is 7.96. The highest BCUT2D eigenvalue weighted by atomic mass is 79.9. The van der Waals surface area contributed by atoms with Gasteiger partial charge in [-0.2, -0.15) is 0 Å². The van der Waals surface area contributed by atoms with Crippen LogP contribution in [0, 0.1) is 6.92 Å². The lowest BCUT2D eigenvalue weighted by atomic mass is 10.1. The van der Waals surface area contributed by atoms with Gasteiger partial charge in [-0.05, 0) is 19.1 Å². The molecule has 2 N–H and O–H groups in total. The van der Waals surface area contributed by atoms with Crippen molar-refractivity contribution >= 4 is 21.7 Å². The fourth-order valence-electron chi connectivity index (χ4n) is 1.76. The number of aryl methyl sites for hydroxylation is 1. The Balaban J connectivity index is 2.49. The molecule has 0 atom stereocenters. The molecular weight excluding hydrogens is 278 g/mol. The average Bonchev–Trinajstić information content (AvgIpc) is 2.59. The maximum Gasteiger partial charge on any atom is 0.132 e. The molecule has 0 radical (unpaired) electrons. The Morgan fingerprint density at radius 1 is 1.41 bits per heavy atom. The first-order valence-electron chi connectivity index (χ1n) is 5.33. The second-order valence-corrected chi connectivity index (χ2v) is 4.71. The fraction of sp³-hybridized carbons (Fsp3) is 0.154. The molecule has 0 spiro atoms. The van der Waals surface area contributed by atoms with Crippen LogP contribution in [0.4, 0.5) is 5.82 Å². The van der Waals surface area contributed by atoms with Crippen molar-refractivity contribution in [1.82, 2.24) is 9.55 Å². The van der Waals surface area contributed by atoms with Crippen LogP contribution in [0.1, 0.15) is 5.82 Å². The van der Waals surface area contributed by atoms with E-state index in [0.29, 0.717) is 12.4 Å². The lowest BCUT2D eigenvalue weighted by Crippen LogP contribution is -2.03. The van der Waals surface area contributed by atoms with E-state index in [4.69, 9.17) is 5.73 Å². The van der Waals surface area contributed by atoms with Gasteiger partial charge >= 0.3 is 0 Å². The molecule has 0 amide bonds. The number of aromatic nitrogens is 2. The topological polar surface area (TPSA) is 43.8 Å². The van der Waals surface area contributed by atoms with E-state index in [1.807, 2.05) is 41.8 Å². The number of imidazole rings is 1. The second-order valence-electron chi connectivity index (χ2n) is 3.80. The molecule has 0 aliphatic rings. The Bertz CT molecular complexity index is 541. The van der Waals surface area contributed by atoms with Gasteiger partial charge in [-0.25, -0.2) is 4.98 Å². The molecule has 17 heavy (non-hydrogen) atoms. The first-order valence-corrected chi connectivity index (χ1v) is 6.12. The number of halogens is 1. The summed E-state index contributed by atoms with van der Waals surface area (Å²) in [6.07, 6.45) is 1.82. The van der Waals surface area contributed by atoms with Crippen molar-refractivity contribution in [3.8, 4) is 11.3 Å². The molecule has 3 nitrogen and oxygen atoms in total. The van der Waals surface area contributed by atoms with Gasteiger partial charge in [-0.1, -0.05) is 34.1 Å². The number of nitrogen functional groups attached to an aromatic ring is 1. The van der Waals surface area contributed by atoms with Crippen molar-refractivity contribution in [1.29, 1.82) is 0 Å². The van der Waals surface area contributed by atoms with Gasteiger partial charge in [-0.15, -0.1) is 6.58 Å². The number of allylic oxidation sites excluding steroid dienone is 1. The molecule has 88 valence electrons. The van der Waals surface area contributed by atoms with Crippen LogP contribution in [0.25, 0.3) is 11.3 Å². The number of anilines is 1. The Labute approximate surface area is 109 Å². The highest BCUT2D eigenvalue weighted by Crippen LogP contribution is 2.27. The summed E-state index contributed by atoms with van der Waals surface area (Å²) >= 11 is 3.41. The molecule has 1 heterocycles. The van der Waals surface area contributed by atoms with Crippen molar-refractivity contribution in [2.75, 3.05) is 5.73 Å². The highest BCUT2D eigenvalue weighted by Gasteiger charge is 2.12. The van der Waals surface area contributed by atoms with Gasteiger partial charge in [0.2, 0.25) is 0 Å². The van der Waals surface area contributed by atoms with E-state index in [1.54, 1.807) is 0 Å². The van der Waals surface area contributed by atoms with Crippen molar-refractivity contribution in [2.24, 2.45) is 0 Å². The van der Waals surface area contributed by atoms with Crippen LogP contribution in [0.5, 0.6) is 0 Å². The van der Waals surface area contributed by atoms with Crippen LogP contribution in [0.2, 0.25) is 0 Å². The quantitative estimate of drug-likeness (QED) is 0.881. The van der Waals surface area contributed by atoms with Crippen molar-refractivity contribution in [2.45, 2.75) is 13.5 Å². The minimum atomic E-state index is 0.682. The Kier molecular flexibility index (Phi) is 3.33. The molecule has 1 aromatic heterocycles. The van der Waals surface area contributed by atoms with E-state index >= 15 is 0 Å². The third-order valence-corrected chi connectivity index (χ3v) is 3.16. The van der Waals surface area contributed by atoms with Gasteiger partial charge < -0.3 is 10.3 Å². The third kappa shape index (κ3) is 2.26. The van der Waals surface area contributed by atoms with Crippen molar-refractivity contribution in [3.05, 3.63) is 47.2 Å². The summed E-state index contributed by atoms with van der Waals surface area (Å²) in [5, 5.41) is 0. The predicted molar refractivity (Wildman–Crippen MR) is 74.7 cm³/mol. The predicted octanol–water partition coefficient (Wildman–Crippen LogP) is 3.39. The maximum atomic E-state index is 6.10. The minimum absolute atomic E-state index is 0.682. The lowest BCUT2D eigenvalue weighted by molar-refractivity contribution is 0.792. The van der Waals surface area contributed by atoms with E-state index in [9.17, 15) is 0 Å². The molecule has 4 heteroatoms. The summed E-state index contributed by atoms with van der Waals surface area (Å²) in [6.45, 7) is 6.35. The van der Waals surface area contributed by atoms with Crippen LogP contribution in [-0.4, -0.2) is 9.55 Å². The molecule has 1 aromatic carbocycles. The number of benzene rings is 1. The molecule has 0 aliphatic heterocycles. The Hall–Kier alpha value is -1.55. The molecule has 0 bridgehead atoms. The number of hydrogen-bond acceptors (Lipinski definition) is 2. The monoisotopic (exact) mass is 291 g/mol. The molecule has 0 unspecified atom stereocenters. The van der Waals surface area contributed by atoms with E-state index < -0.39 is 0 Å². The van der Waals surface area contributed by atoms with Gasteiger partial charge in [0, 0.05) is 16.6 Å². The largest absolute Gasteiger partial charge is 0.383 e. The highest BCUT2D eigenvalue weighted by molar-refractivity contribution is 9.10. The number of nitrogens with zero attached hydrogens (tertiary/aromatic N) is 2. The lowest BCUT2D eigenvalue weighted by Gasteiger charge is -2.04. The summed E-state index contributed by atoms with van der Waals surface area (Å²) in [6, 6.07) is 7.97. The van der Waals surface area contributed by atoms with Crippen LogP contribution >= 0.6 is 15.9 Å². The molecule has 0 aliphatic carbocycles. The normalized spacial score (nSPS) is 10.5. The first kappa shape index (κ1) is 11.9. The number of hydrogen-bond donors (Lipinski definition) is 1. The molecule has 0 saturated heterocycles. The molecule has 0 saturated carbocycles. The standard InChI is InChI=1S/C13H14BrN3/c1-3-8-17-9(2)16-12(13(17)15)10-4-6-11(14)7-5-10/h3-7H,1,8,15H2,2H3. The van der Waals surface area contributed by atoms with Crippen molar-refractivity contribution < 1.29 is 0 Å². The van der Waals surface area contributed by atoms with Crippen LogP contribution < -0.4 is 5.73 Å². The molecule has 0 fully saturated rings. The zero-order valence-corrected chi connectivity index (χ0v) is 11.2. The van der Waals surface area contributed by atoms with Gasteiger partial charge in [-0.3, -0.25) is 0 Å². The van der Waals surface area contributed by atoms with E-state index in [0.717, 1.165) is 21.6 Å². The Morgan fingerprint density at radius 3 is 2.65 bits per heavy atom. The molecule has 2 rings (SSSR count). The van der Waals surface area contributed by atoms with Gasteiger partial charge in [0.25, 0.3) is 0 Å². The average molecular weight is 292 g/mol. The van der Waals surface area contributed by atoms with Gasteiger partial charge in [0.15, 0.2) is 0 Å². The second kappa shape index (κ2) is 4.75. The zero-order valence-electron chi connectivity index (χ0n) is 9.65. The van der Waals surface area contributed by atoms with Crippen molar-refractivity contribution in [3.63, 3.8) is 0 Å². The molecular formula is C13H14BrN3. The van der Waals surface area contributed by atoms with Crippen LogP contribution in [-0.2, 0) is 6.54 Å². The SMILES string of the molecule is C=CCn1c(C)nc(-c2ccc(Br)cc2)c1N. The number of rotatable bonds is 3. The summed E-state index contributed by atoms with van der Waals surface area (Å²) in [7, 11) is 0. The van der Waals surface area contributed by atoms with Crippen LogP contribution in [0.15, 0.2) is 41.4 Å². The van der Waals surface area contributed by atoms with Gasteiger partial charge in [0.1, 0.15) is 17.3 Å². The van der Waals surface area contributed by atoms with E-state index in [1.165, 1.54) is 0 Å². The summed E-state index contributed by atoms with van der Waals surface area (Å²) in [4.78, 5) is 4.50. The van der Waals surface area contributed by atoms with Gasteiger partial charge in [0.05, 0.1) is 0 Å². The van der Waals surface area contributed by atoms with E-state index in [2.05, 4.69) is 27.5 Å². The maximum absolute atomic E-state index is 6.10. The smallest absolute Gasteiger partial charge is 0.132 e. The zero-order chi connectivity index (χ0) is 12.4. The summed E-state index contributed by atoms with van der Waals surface area (Å²) < 4.78 is 2.99. The fourth-order valence-corrected chi connectivity index (χ4v) is 2.03. The Morgan fingerprint density at radius 2 is 2.06 bits per heavy atom. The first-order chi connectivity index (χ1) is 8.13. The van der Waals surface area contributed by atoms with E-state index in [-0.39, 0.29) is 0 Å². The molecule has 2 aromatic rings. The number of nitrogens with two attached hydrogens (primary N) is 1. The summed E-state index contributed by atoms with van der Waals surface area (Å²) in [5.74, 6) is 1.59.